The second-order valence-corrected chi connectivity index (χ2v) is 5.69. The van der Waals surface area contributed by atoms with Crippen LogP contribution in [-0.2, 0) is 4.74 Å². The second-order valence-electron chi connectivity index (χ2n) is 5.28. The van der Waals surface area contributed by atoms with E-state index in [2.05, 4.69) is 5.32 Å². The SMILES string of the molecule is CN(C)C(=O)c1ccc(Cl)c(NC2CCCOCC2)c1. The fourth-order valence-electron chi connectivity index (χ4n) is 2.30. The van der Waals surface area contributed by atoms with Crippen molar-refractivity contribution >= 4 is 23.2 Å². The van der Waals surface area contributed by atoms with Gasteiger partial charge in [0.25, 0.3) is 5.91 Å². The third kappa shape index (κ3) is 3.87. The number of rotatable bonds is 3. The van der Waals surface area contributed by atoms with Gasteiger partial charge >= 0.3 is 0 Å². The zero-order chi connectivity index (χ0) is 14.5. The number of anilines is 1. The zero-order valence-corrected chi connectivity index (χ0v) is 12.7. The largest absolute Gasteiger partial charge is 0.381 e. The fourth-order valence-corrected chi connectivity index (χ4v) is 2.47. The molecular formula is C15H21ClN2O2. The Morgan fingerprint density at radius 2 is 2.15 bits per heavy atom. The van der Waals surface area contributed by atoms with Gasteiger partial charge in [0.15, 0.2) is 0 Å². The number of benzene rings is 1. The van der Waals surface area contributed by atoms with E-state index in [0.717, 1.165) is 38.2 Å². The lowest BCUT2D eigenvalue weighted by Crippen LogP contribution is -2.23. The summed E-state index contributed by atoms with van der Waals surface area (Å²) < 4.78 is 5.45. The molecule has 1 N–H and O–H groups in total. The van der Waals surface area contributed by atoms with Gasteiger partial charge in [-0.05, 0) is 37.5 Å². The van der Waals surface area contributed by atoms with Crippen LogP contribution in [0.2, 0.25) is 5.02 Å². The molecule has 1 heterocycles. The molecule has 1 saturated heterocycles. The van der Waals surface area contributed by atoms with Crippen molar-refractivity contribution < 1.29 is 9.53 Å². The number of hydrogen-bond acceptors (Lipinski definition) is 3. The Morgan fingerprint density at radius 1 is 1.35 bits per heavy atom. The molecule has 0 radical (unpaired) electrons. The first-order valence-electron chi connectivity index (χ1n) is 6.93. The number of nitrogens with zero attached hydrogens (tertiary/aromatic N) is 1. The first-order valence-corrected chi connectivity index (χ1v) is 7.31. The first-order chi connectivity index (χ1) is 9.58. The highest BCUT2D eigenvalue weighted by Crippen LogP contribution is 2.26. The minimum atomic E-state index is -0.0195. The van der Waals surface area contributed by atoms with Gasteiger partial charge in [-0.2, -0.15) is 0 Å². The van der Waals surface area contributed by atoms with E-state index in [1.807, 2.05) is 6.07 Å². The molecule has 5 heteroatoms. The van der Waals surface area contributed by atoms with Crippen molar-refractivity contribution in [1.29, 1.82) is 0 Å². The second kappa shape index (κ2) is 6.95. The van der Waals surface area contributed by atoms with Crippen molar-refractivity contribution in [1.82, 2.24) is 4.90 Å². The van der Waals surface area contributed by atoms with Crippen LogP contribution in [0.4, 0.5) is 5.69 Å². The number of carbonyl (C=O) groups excluding carboxylic acids is 1. The summed E-state index contributed by atoms with van der Waals surface area (Å²) in [6.45, 7) is 1.59. The van der Waals surface area contributed by atoms with Gasteiger partial charge in [0.1, 0.15) is 0 Å². The molecule has 0 aliphatic carbocycles. The minimum Gasteiger partial charge on any atom is -0.381 e. The van der Waals surface area contributed by atoms with E-state index >= 15 is 0 Å². The van der Waals surface area contributed by atoms with E-state index in [-0.39, 0.29) is 5.91 Å². The van der Waals surface area contributed by atoms with E-state index < -0.39 is 0 Å². The van der Waals surface area contributed by atoms with Crippen LogP contribution in [0.25, 0.3) is 0 Å². The van der Waals surface area contributed by atoms with E-state index in [9.17, 15) is 4.79 Å². The standard InChI is InChI=1S/C15H21ClN2O2/c1-18(2)15(19)11-5-6-13(16)14(10-11)17-12-4-3-8-20-9-7-12/h5-6,10,12,17H,3-4,7-9H2,1-2H3. The average molecular weight is 297 g/mol. The van der Waals surface area contributed by atoms with Gasteiger partial charge in [-0.3, -0.25) is 4.79 Å². The molecule has 1 aromatic rings. The highest BCUT2D eigenvalue weighted by molar-refractivity contribution is 6.33. The Morgan fingerprint density at radius 3 is 2.90 bits per heavy atom. The van der Waals surface area contributed by atoms with Crippen molar-refractivity contribution in [3.8, 4) is 0 Å². The smallest absolute Gasteiger partial charge is 0.253 e. The molecule has 1 aromatic carbocycles. The van der Waals surface area contributed by atoms with Crippen LogP contribution in [0, 0.1) is 0 Å². The molecule has 1 atom stereocenters. The molecule has 0 aromatic heterocycles. The Kier molecular flexibility index (Phi) is 5.26. The van der Waals surface area contributed by atoms with Crippen molar-refractivity contribution in [3.05, 3.63) is 28.8 Å². The first kappa shape index (κ1) is 15.1. The number of halogens is 1. The molecule has 4 nitrogen and oxygen atoms in total. The van der Waals surface area contributed by atoms with Crippen molar-refractivity contribution in [2.75, 3.05) is 32.6 Å². The quantitative estimate of drug-likeness (QED) is 0.932. The molecular weight excluding hydrogens is 276 g/mol. The number of ether oxygens (including phenoxy) is 1. The maximum Gasteiger partial charge on any atom is 0.253 e. The summed E-state index contributed by atoms with van der Waals surface area (Å²) in [5.41, 5.74) is 1.47. The molecule has 0 spiro atoms. The summed E-state index contributed by atoms with van der Waals surface area (Å²) >= 11 is 6.22. The molecule has 0 saturated carbocycles. The predicted molar refractivity (Wildman–Crippen MR) is 81.6 cm³/mol. The lowest BCUT2D eigenvalue weighted by Gasteiger charge is -2.19. The summed E-state index contributed by atoms with van der Waals surface area (Å²) in [6, 6.07) is 5.70. The average Bonchev–Trinajstić information content (AvgIpc) is 2.69. The summed E-state index contributed by atoms with van der Waals surface area (Å²) in [6.07, 6.45) is 3.07. The number of carbonyl (C=O) groups is 1. The maximum absolute atomic E-state index is 12.0. The lowest BCUT2D eigenvalue weighted by atomic mass is 10.1. The van der Waals surface area contributed by atoms with Gasteiger partial charge in [-0.25, -0.2) is 0 Å². The van der Waals surface area contributed by atoms with Gasteiger partial charge in [0, 0.05) is 38.9 Å². The highest BCUT2D eigenvalue weighted by atomic mass is 35.5. The third-order valence-corrected chi connectivity index (χ3v) is 3.76. The van der Waals surface area contributed by atoms with Crippen LogP contribution in [0.15, 0.2) is 18.2 Å². The Bertz CT molecular complexity index is 469. The molecule has 2 rings (SSSR count). The monoisotopic (exact) mass is 296 g/mol. The van der Waals surface area contributed by atoms with E-state index in [0.29, 0.717) is 16.6 Å². The summed E-state index contributed by atoms with van der Waals surface area (Å²) in [4.78, 5) is 13.6. The van der Waals surface area contributed by atoms with E-state index in [1.54, 1.807) is 31.1 Å². The molecule has 1 aliphatic heterocycles. The summed E-state index contributed by atoms with van der Waals surface area (Å²) in [5, 5.41) is 4.08. The Hall–Kier alpha value is -1.26. The third-order valence-electron chi connectivity index (χ3n) is 3.43. The van der Waals surface area contributed by atoms with Gasteiger partial charge in [0.05, 0.1) is 10.7 Å². The predicted octanol–water partition coefficient (Wildman–Crippen LogP) is 3.02. The molecule has 110 valence electrons. The highest BCUT2D eigenvalue weighted by Gasteiger charge is 2.15. The van der Waals surface area contributed by atoms with E-state index in [4.69, 9.17) is 16.3 Å². The minimum absolute atomic E-state index is 0.0195. The Balaban J connectivity index is 2.13. The normalized spacial score (nSPS) is 19.2. The van der Waals surface area contributed by atoms with Crippen LogP contribution in [-0.4, -0.2) is 44.2 Å². The zero-order valence-electron chi connectivity index (χ0n) is 12.0. The van der Waals surface area contributed by atoms with Gasteiger partial charge in [-0.1, -0.05) is 11.6 Å². The van der Waals surface area contributed by atoms with Crippen LogP contribution >= 0.6 is 11.6 Å². The Labute approximate surface area is 125 Å². The van der Waals surface area contributed by atoms with Crippen molar-refractivity contribution in [2.24, 2.45) is 0 Å². The molecule has 1 unspecified atom stereocenters. The van der Waals surface area contributed by atoms with Crippen LogP contribution in [0.3, 0.4) is 0 Å². The molecule has 1 fully saturated rings. The fraction of sp³-hybridized carbons (Fsp3) is 0.533. The number of nitrogens with one attached hydrogen (secondary N) is 1. The number of amides is 1. The molecule has 0 bridgehead atoms. The molecule has 1 aliphatic rings. The maximum atomic E-state index is 12.0. The van der Waals surface area contributed by atoms with Gasteiger partial charge in [-0.15, -0.1) is 0 Å². The van der Waals surface area contributed by atoms with Crippen molar-refractivity contribution in [3.63, 3.8) is 0 Å². The lowest BCUT2D eigenvalue weighted by molar-refractivity contribution is 0.0827. The van der Waals surface area contributed by atoms with Crippen LogP contribution < -0.4 is 5.32 Å². The van der Waals surface area contributed by atoms with E-state index in [1.165, 1.54) is 0 Å². The molecule has 1 amide bonds. The van der Waals surface area contributed by atoms with Crippen molar-refractivity contribution in [2.45, 2.75) is 25.3 Å². The van der Waals surface area contributed by atoms with Gasteiger partial charge in [0.2, 0.25) is 0 Å². The summed E-state index contributed by atoms with van der Waals surface area (Å²) in [7, 11) is 3.49. The van der Waals surface area contributed by atoms with Crippen LogP contribution in [0.5, 0.6) is 0 Å². The van der Waals surface area contributed by atoms with Gasteiger partial charge < -0.3 is 15.0 Å². The topological polar surface area (TPSA) is 41.6 Å². The molecule has 20 heavy (non-hydrogen) atoms. The summed E-state index contributed by atoms with van der Waals surface area (Å²) in [5.74, 6) is -0.0195. The van der Waals surface area contributed by atoms with Crippen LogP contribution in [0.1, 0.15) is 29.6 Å². The number of hydrogen-bond donors (Lipinski definition) is 1.